The van der Waals surface area contributed by atoms with Crippen LogP contribution in [0.15, 0.2) is 24.3 Å². The zero-order valence-electron chi connectivity index (χ0n) is 10.7. The van der Waals surface area contributed by atoms with Gasteiger partial charge in [-0.3, -0.25) is 0 Å². The Kier molecular flexibility index (Phi) is 4.55. The highest BCUT2D eigenvalue weighted by atomic mass is 16.5. The first-order valence-corrected chi connectivity index (χ1v) is 6.09. The second-order valence-electron chi connectivity index (χ2n) is 4.11. The highest BCUT2D eigenvalue weighted by molar-refractivity contribution is 5.77. The molecule has 0 bridgehead atoms. The van der Waals surface area contributed by atoms with Crippen LogP contribution in [0.1, 0.15) is 39.2 Å². The van der Waals surface area contributed by atoms with Crippen LogP contribution >= 0.6 is 0 Å². The van der Waals surface area contributed by atoms with Gasteiger partial charge in [-0.25, -0.2) is 4.79 Å². The zero-order valence-corrected chi connectivity index (χ0v) is 10.7. The number of carboxylic acids is 1. The molecule has 17 heavy (non-hydrogen) atoms. The number of ether oxygens (including phenoxy) is 1. The quantitative estimate of drug-likeness (QED) is 0.824. The van der Waals surface area contributed by atoms with Gasteiger partial charge in [-0.1, -0.05) is 32.9 Å². The van der Waals surface area contributed by atoms with Crippen molar-refractivity contribution in [3.63, 3.8) is 0 Å². The van der Waals surface area contributed by atoms with Gasteiger partial charge in [0.2, 0.25) is 5.60 Å². The first kappa shape index (κ1) is 13.6. The van der Waals surface area contributed by atoms with E-state index in [2.05, 4.69) is 6.92 Å². The van der Waals surface area contributed by atoms with Gasteiger partial charge in [0, 0.05) is 0 Å². The molecular formula is C14H20O3. The molecule has 1 aromatic carbocycles. The van der Waals surface area contributed by atoms with E-state index in [1.165, 1.54) is 0 Å². The summed E-state index contributed by atoms with van der Waals surface area (Å²) < 4.78 is 5.70. The molecule has 94 valence electrons. The summed E-state index contributed by atoms with van der Waals surface area (Å²) in [4.78, 5) is 11.3. The minimum absolute atomic E-state index is 0.454. The third kappa shape index (κ3) is 2.99. The van der Waals surface area contributed by atoms with Crippen molar-refractivity contribution >= 4 is 5.97 Å². The minimum atomic E-state index is -1.10. The summed E-state index contributed by atoms with van der Waals surface area (Å²) in [6, 6.07) is 7.62. The van der Waals surface area contributed by atoms with Crippen molar-refractivity contribution < 1.29 is 14.6 Å². The van der Waals surface area contributed by atoms with Crippen LogP contribution < -0.4 is 4.74 Å². The zero-order chi connectivity index (χ0) is 12.9. The van der Waals surface area contributed by atoms with E-state index in [9.17, 15) is 9.90 Å². The average Bonchev–Trinajstić information content (AvgIpc) is 2.36. The monoisotopic (exact) mass is 236 g/mol. The Morgan fingerprint density at radius 1 is 1.29 bits per heavy atom. The van der Waals surface area contributed by atoms with E-state index in [1.807, 2.05) is 38.1 Å². The second kappa shape index (κ2) is 5.71. The highest BCUT2D eigenvalue weighted by Gasteiger charge is 2.37. The molecule has 1 rings (SSSR count). The molecule has 0 aliphatic heterocycles. The molecule has 0 atom stereocenters. The molecule has 0 saturated carbocycles. The normalized spacial score (nSPS) is 11.2. The number of carbonyl (C=O) groups is 1. The van der Waals surface area contributed by atoms with Crippen LogP contribution in [0.5, 0.6) is 5.75 Å². The molecule has 0 unspecified atom stereocenters. The fourth-order valence-corrected chi connectivity index (χ4v) is 1.79. The van der Waals surface area contributed by atoms with Crippen LogP contribution in [0, 0.1) is 0 Å². The Morgan fingerprint density at radius 2 is 1.94 bits per heavy atom. The van der Waals surface area contributed by atoms with Crippen molar-refractivity contribution in [2.75, 3.05) is 0 Å². The predicted molar refractivity (Wildman–Crippen MR) is 67.4 cm³/mol. The maximum Gasteiger partial charge on any atom is 0.348 e. The number of aliphatic carboxylic acids is 1. The molecule has 0 radical (unpaired) electrons. The van der Waals surface area contributed by atoms with Gasteiger partial charge in [-0.15, -0.1) is 0 Å². The highest BCUT2D eigenvalue weighted by Crippen LogP contribution is 2.25. The average molecular weight is 236 g/mol. The lowest BCUT2D eigenvalue weighted by atomic mass is 9.97. The van der Waals surface area contributed by atoms with Gasteiger partial charge < -0.3 is 9.84 Å². The summed E-state index contributed by atoms with van der Waals surface area (Å²) in [5.74, 6) is -0.264. The lowest BCUT2D eigenvalue weighted by molar-refractivity contribution is -0.156. The molecule has 0 aliphatic carbocycles. The molecule has 3 nitrogen and oxygen atoms in total. The van der Waals surface area contributed by atoms with Crippen molar-refractivity contribution in [1.82, 2.24) is 0 Å². The van der Waals surface area contributed by atoms with Gasteiger partial charge in [0.1, 0.15) is 5.75 Å². The number of hydrogen-bond donors (Lipinski definition) is 1. The van der Waals surface area contributed by atoms with E-state index in [1.54, 1.807) is 0 Å². The molecule has 0 amide bonds. The van der Waals surface area contributed by atoms with E-state index in [0.717, 1.165) is 12.0 Å². The summed E-state index contributed by atoms with van der Waals surface area (Å²) in [7, 11) is 0. The van der Waals surface area contributed by atoms with Gasteiger partial charge in [0.05, 0.1) is 0 Å². The molecule has 0 spiro atoms. The number of hydrogen-bond acceptors (Lipinski definition) is 2. The van der Waals surface area contributed by atoms with Crippen molar-refractivity contribution in [1.29, 1.82) is 0 Å². The van der Waals surface area contributed by atoms with Crippen LogP contribution in [0.25, 0.3) is 0 Å². The van der Waals surface area contributed by atoms with Gasteiger partial charge in [-0.05, 0) is 37.0 Å². The SMILES string of the molecule is CCc1cccc(OC(CC)(CC)C(=O)O)c1. The molecule has 0 fully saturated rings. The number of benzene rings is 1. The Hall–Kier alpha value is -1.51. The third-order valence-corrected chi connectivity index (χ3v) is 3.15. The Labute approximate surface area is 102 Å². The predicted octanol–water partition coefficient (Wildman–Crippen LogP) is 3.27. The summed E-state index contributed by atoms with van der Waals surface area (Å²) in [6.07, 6.45) is 1.82. The molecule has 1 N–H and O–H groups in total. The van der Waals surface area contributed by atoms with Crippen molar-refractivity contribution in [2.24, 2.45) is 0 Å². The van der Waals surface area contributed by atoms with Crippen LogP contribution in [0.2, 0.25) is 0 Å². The Balaban J connectivity index is 2.97. The largest absolute Gasteiger partial charge is 0.478 e. The Bertz CT molecular complexity index is 381. The molecule has 3 heteroatoms. The van der Waals surface area contributed by atoms with Gasteiger partial charge in [0.15, 0.2) is 0 Å². The maximum absolute atomic E-state index is 11.3. The number of aryl methyl sites for hydroxylation is 1. The third-order valence-electron chi connectivity index (χ3n) is 3.15. The lowest BCUT2D eigenvalue weighted by Gasteiger charge is -2.28. The van der Waals surface area contributed by atoms with Gasteiger partial charge in [-0.2, -0.15) is 0 Å². The van der Waals surface area contributed by atoms with Gasteiger partial charge in [0.25, 0.3) is 0 Å². The summed E-state index contributed by atoms with van der Waals surface area (Å²) >= 11 is 0. The number of carboxylic acid groups (broad SMARTS) is 1. The fraction of sp³-hybridized carbons (Fsp3) is 0.500. The minimum Gasteiger partial charge on any atom is -0.478 e. The maximum atomic E-state index is 11.3. The van der Waals surface area contributed by atoms with E-state index < -0.39 is 11.6 Å². The van der Waals surface area contributed by atoms with E-state index in [-0.39, 0.29) is 0 Å². The van der Waals surface area contributed by atoms with E-state index in [4.69, 9.17) is 4.74 Å². The number of rotatable bonds is 6. The first-order valence-electron chi connectivity index (χ1n) is 6.09. The standard InChI is InChI=1S/C14H20O3/c1-4-11-8-7-9-12(10-11)17-14(5-2,6-3)13(15)16/h7-10H,4-6H2,1-3H3,(H,15,16). The van der Waals surface area contributed by atoms with Crippen LogP contribution in [0.4, 0.5) is 0 Å². The molecule has 0 aromatic heterocycles. The van der Waals surface area contributed by atoms with Gasteiger partial charge >= 0.3 is 5.97 Å². The smallest absolute Gasteiger partial charge is 0.348 e. The van der Waals surface area contributed by atoms with Crippen molar-refractivity contribution in [3.8, 4) is 5.75 Å². The van der Waals surface area contributed by atoms with Crippen LogP contribution in [-0.4, -0.2) is 16.7 Å². The molecule has 0 aliphatic rings. The van der Waals surface area contributed by atoms with Crippen molar-refractivity contribution in [2.45, 2.75) is 45.6 Å². The summed E-state index contributed by atoms with van der Waals surface area (Å²) in [6.45, 7) is 5.73. The molecular weight excluding hydrogens is 216 g/mol. The van der Waals surface area contributed by atoms with Crippen LogP contribution in [0.3, 0.4) is 0 Å². The van der Waals surface area contributed by atoms with Crippen LogP contribution in [-0.2, 0) is 11.2 Å². The molecule has 1 aromatic rings. The van der Waals surface area contributed by atoms with Crippen molar-refractivity contribution in [3.05, 3.63) is 29.8 Å². The fourth-order valence-electron chi connectivity index (χ4n) is 1.79. The summed E-state index contributed by atoms with van der Waals surface area (Å²) in [5.41, 5.74) is 0.0424. The lowest BCUT2D eigenvalue weighted by Crippen LogP contribution is -2.43. The molecule has 0 heterocycles. The topological polar surface area (TPSA) is 46.5 Å². The van der Waals surface area contributed by atoms with E-state index >= 15 is 0 Å². The molecule has 0 saturated heterocycles. The summed E-state index contributed by atoms with van der Waals surface area (Å²) in [5, 5.41) is 9.29. The first-order chi connectivity index (χ1) is 8.07. The van der Waals surface area contributed by atoms with E-state index in [0.29, 0.717) is 18.6 Å². The Morgan fingerprint density at radius 3 is 2.41 bits per heavy atom. The second-order valence-corrected chi connectivity index (χ2v) is 4.11.